The van der Waals surface area contributed by atoms with Gasteiger partial charge in [-0.2, -0.15) is 0 Å². The Morgan fingerprint density at radius 2 is 1.89 bits per heavy atom. The molecule has 0 bridgehead atoms. The second-order valence-corrected chi connectivity index (χ2v) is 5.57. The van der Waals surface area contributed by atoms with Gasteiger partial charge in [0, 0.05) is 0 Å². The number of benzene rings is 1. The number of nitrogens with one attached hydrogen (secondary N) is 2. The normalized spacial score (nSPS) is 17.3. The van der Waals surface area contributed by atoms with Crippen LogP contribution in [0.5, 0.6) is 0 Å². The van der Waals surface area contributed by atoms with Crippen LogP contribution in [0, 0.1) is 5.92 Å². The second kappa shape index (κ2) is 5.11. The van der Waals surface area contributed by atoms with Crippen molar-refractivity contribution in [3.8, 4) is 0 Å². The zero-order valence-electron chi connectivity index (χ0n) is 11.4. The standard InChI is InChI=1S/C15H22N2O/c1-15(2,16-3)14(18)17-13(12-9-10-12)11-7-5-4-6-8-11/h4-8,12-13,16H,9-10H2,1-3H3,(H,17,18). The van der Waals surface area contributed by atoms with E-state index in [1.807, 2.05) is 39.1 Å². The van der Waals surface area contributed by atoms with Crippen molar-refractivity contribution >= 4 is 5.91 Å². The summed E-state index contributed by atoms with van der Waals surface area (Å²) in [5.74, 6) is 0.662. The lowest BCUT2D eigenvalue weighted by atomic mass is 9.99. The minimum atomic E-state index is -0.526. The monoisotopic (exact) mass is 246 g/mol. The molecule has 1 saturated carbocycles. The number of hydrogen-bond donors (Lipinski definition) is 2. The first kappa shape index (κ1) is 13.1. The molecule has 2 rings (SSSR count). The van der Waals surface area contributed by atoms with Crippen LogP contribution in [0.15, 0.2) is 30.3 Å². The Bertz CT molecular complexity index is 410. The van der Waals surface area contributed by atoms with Gasteiger partial charge < -0.3 is 10.6 Å². The summed E-state index contributed by atoms with van der Waals surface area (Å²) in [5.41, 5.74) is 0.683. The molecule has 0 aliphatic heterocycles. The van der Waals surface area contributed by atoms with Crippen LogP contribution in [0.25, 0.3) is 0 Å². The molecular formula is C15H22N2O. The zero-order chi connectivity index (χ0) is 13.2. The molecule has 3 heteroatoms. The molecule has 1 aliphatic carbocycles. The molecule has 1 atom stereocenters. The first-order valence-corrected chi connectivity index (χ1v) is 6.59. The van der Waals surface area contributed by atoms with Gasteiger partial charge in [0.2, 0.25) is 5.91 Å². The van der Waals surface area contributed by atoms with Crippen molar-refractivity contribution in [2.75, 3.05) is 7.05 Å². The van der Waals surface area contributed by atoms with Gasteiger partial charge >= 0.3 is 0 Å². The van der Waals surface area contributed by atoms with Gasteiger partial charge in [-0.05, 0) is 45.2 Å². The Labute approximate surface area is 109 Å². The van der Waals surface area contributed by atoms with Crippen LogP contribution in [0.3, 0.4) is 0 Å². The molecule has 0 heterocycles. The fourth-order valence-electron chi connectivity index (χ4n) is 2.00. The van der Waals surface area contributed by atoms with Gasteiger partial charge in [0.1, 0.15) is 0 Å². The maximum Gasteiger partial charge on any atom is 0.240 e. The summed E-state index contributed by atoms with van der Waals surface area (Å²) >= 11 is 0. The SMILES string of the molecule is CNC(C)(C)C(=O)NC(c1ccccc1)C1CC1. The highest BCUT2D eigenvalue weighted by Crippen LogP contribution is 2.41. The van der Waals surface area contributed by atoms with E-state index < -0.39 is 5.54 Å². The van der Waals surface area contributed by atoms with E-state index in [9.17, 15) is 4.79 Å². The van der Waals surface area contributed by atoms with Crippen molar-refractivity contribution < 1.29 is 4.79 Å². The average Bonchev–Trinajstić information content (AvgIpc) is 3.21. The molecule has 0 saturated heterocycles. The molecule has 1 aromatic carbocycles. The molecule has 1 aliphatic rings. The van der Waals surface area contributed by atoms with Crippen molar-refractivity contribution in [1.29, 1.82) is 0 Å². The molecular weight excluding hydrogens is 224 g/mol. The highest BCUT2D eigenvalue weighted by Gasteiger charge is 2.36. The summed E-state index contributed by atoms with van der Waals surface area (Å²) < 4.78 is 0. The van der Waals surface area contributed by atoms with E-state index in [0.29, 0.717) is 5.92 Å². The van der Waals surface area contributed by atoms with Gasteiger partial charge in [-0.25, -0.2) is 0 Å². The molecule has 1 aromatic rings. The summed E-state index contributed by atoms with van der Waals surface area (Å²) in [6.07, 6.45) is 2.42. The number of carbonyl (C=O) groups is 1. The van der Waals surface area contributed by atoms with Crippen molar-refractivity contribution in [2.45, 2.75) is 38.3 Å². The molecule has 2 N–H and O–H groups in total. The van der Waals surface area contributed by atoms with Gasteiger partial charge in [0.15, 0.2) is 0 Å². The van der Waals surface area contributed by atoms with Crippen LogP contribution in [0.2, 0.25) is 0 Å². The first-order valence-electron chi connectivity index (χ1n) is 6.59. The summed E-state index contributed by atoms with van der Waals surface area (Å²) in [6, 6.07) is 10.4. The fourth-order valence-corrected chi connectivity index (χ4v) is 2.00. The smallest absolute Gasteiger partial charge is 0.240 e. The van der Waals surface area contributed by atoms with Crippen molar-refractivity contribution in [1.82, 2.24) is 10.6 Å². The predicted molar refractivity (Wildman–Crippen MR) is 73.2 cm³/mol. The predicted octanol–water partition coefficient (Wildman–Crippen LogP) is 2.25. The lowest BCUT2D eigenvalue weighted by Crippen LogP contribution is -2.52. The molecule has 1 fully saturated rings. The molecule has 18 heavy (non-hydrogen) atoms. The highest BCUT2D eigenvalue weighted by molar-refractivity contribution is 5.85. The Balaban J connectivity index is 2.11. The van der Waals surface area contributed by atoms with Crippen LogP contribution >= 0.6 is 0 Å². The zero-order valence-corrected chi connectivity index (χ0v) is 11.4. The Kier molecular flexibility index (Phi) is 3.71. The topological polar surface area (TPSA) is 41.1 Å². The van der Waals surface area contributed by atoms with Gasteiger partial charge in [0.05, 0.1) is 11.6 Å². The van der Waals surface area contributed by atoms with Crippen molar-refractivity contribution in [3.05, 3.63) is 35.9 Å². The Morgan fingerprint density at radius 3 is 2.39 bits per heavy atom. The van der Waals surface area contributed by atoms with E-state index >= 15 is 0 Å². The quantitative estimate of drug-likeness (QED) is 0.836. The third kappa shape index (κ3) is 2.91. The molecule has 0 radical (unpaired) electrons. The third-order valence-corrected chi connectivity index (χ3v) is 3.73. The summed E-state index contributed by atoms with van der Waals surface area (Å²) in [5, 5.41) is 6.23. The lowest BCUT2D eigenvalue weighted by molar-refractivity contribution is -0.127. The van der Waals surface area contributed by atoms with E-state index in [-0.39, 0.29) is 11.9 Å². The minimum absolute atomic E-state index is 0.0609. The summed E-state index contributed by atoms with van der Waals surface area (Å²) in [4.78, 5) is 12.2. The number of hydrogen-bond acceptors (Lipinski definition) is 2. The van der Waals surface area contributed by atoms with Crippen LogP contribution in [-0.2, 0) is 4.79 Å². The number of carbonyl (C=O) groups excluding carboxylic acids is 1. The number of amides is 1. The van der Waals surface area contributed by atoms with E-state index in [1.165, 1.54) is 18.4 Å². The molecule has 0 aromatic heterocycles. The molecule has 98 valence electrons. The van der Waals surface area contributed by atoms with Crippen LogP contribution < -0.4 is 10.6 Å². The van der Waals surface area contributed by atoms with E-state index in [0.717, 1.165) is 0 Å². The van der Waals surface area contributed by atoms with Gasteiger partial charge in [-0.3, -0.25) is 4.79 Å². The molecule has 1 amide bonds. The maximum absolute atomic E-state index is 12.2. The largest absolute Gasteiger partial charge is 0.347 e. The van der Waals surface area contributed by atoms with E-state index in [1.54, 1.807) is 0 Å². The highest BCUT2D eigenvalue weighted by atomic mass is 16.2. The number of likely N-dealkylation sites (N-methyl/N-ethyl adjacent to an activating group) is 1. The van der Waals surface area contributed by atoms with Gasteiger partial charge in [-0.15, -0.1) is 0 Å². The minimum Gasteiger partial charge on any atom is -0.347 e. The van der Waals surface area contributed by atoms with Gasteiger partial charge in [0.25, 0.3) is 0 Å². The molecule has 0 spiro atoms. The van der Waals surface area contributed by atoms with Crippen LogP contribution in [0.1, 0.15) is 38.3 Å². The molecule has 1 unspecified atom stereocenters. The molecule has 3 nitrogen and oxygen atoms in total. The lowest BCUT2D eigenvalue weighted by Gasteiger charge is -2.27. The third-order valence-electron chi connectivity index (χ3n) is 3.73. The Morgan fingerprint density at radius 1 is 1.28 bits per heavy atom. The summed E-state index contributed by atoms with van der Waals surface area (Å²) in [6.45, 7) is 3.80. The number of rotatable bonds is 5. The maximum atomic E-state index is 12.2. The summed E-state index contributed by atoms with van der Waals surface area (Å²) in [7, 11) is 1.81. The first-order chi connectivity index (χ1) is 8.54. The van der Waals surface area contributed by atoms with E-state index in [4.69, 9.17) is 0 Å². The average molecular weight is 246 g/mol. The fraction of sp³-hybridized carbons (Fsp3) is 0.533. The van der Waals surface area contributed by atoms with Gasteiger partial charge in [-0.1, -0.05) is 30.3 Å². The van der Waals surface area contributed by atoms with E-state index in [2.05, 4.69) is 22.8 Å². The van der Waals surface area contributed by atoms with Crippen LogP contribution in [0.4, 0.5) is 0 Å². The second-order valence-electron chi connectivity index (χ2n) is 5.57. The van der Waals surface area contributed by atoms with Crippen LogP contribution in [-0.4, -0.2) is 18.5 Å². The van der Waals surface area contributed by atoms with Crippen molar-refractivity contribution in [2.24, 2.45) is 5.92 Å². The van der Waals surface area contributed by atoms with Crippen molar-refractivity contribution in [3.63, 3.8) is 0 Å². The Hall–Kier alpha value is -1.35.